The summed E-state index contributed by atoms with van der Waals surface area (Å²) in [7, 11) is 0. The zero-order chi connectivity index (χ0) is 19.2. The topological polar surface area (TPSA) is 84.0 Å². The molecular formula is C21H20N4O2. The van der Waals surface area contributed by atoms with Gasteiger partial charge in [-0.2, -0.15) is 0 Å². The summed E-state index contributed by atoms with van der Waals surface area (Å²) in [5, 5.41) is 5.98. The van der Waals surface area contributed by atoms with Crippen LogP contribution in [-0.4, -0.2) is 21.7 Å². The molecule has 0 spiro atoms. The number of aromatic nitrogens is 2. The summed E-state index contributed by atoms with van der Waals surface area (Å²) in [6.45, 7) is 3.82. The van der Waals surface area contributed by atoms with Gasteiger partial charge >= 0.3 is 0 Å². The number of nitrogens with zero attached hydrogens (tertiary/aromatic N) is 2. The molecule has 0 unspecified atom stereocenters. The largest absolute Gasteiger partial charge is 0.366 e. The highest BCUT2D eigenvalue weighted by Crippen LogP contribution is 2.14. The van der Waals surface area contributed by atoms with Gasteiger partial charge in [0.25, 0.3) is 5.91 Å². The molecule has 6 heteroatoms. The molecule has 0 radical (unpaired) electrons. The molecule has 1 aromatic heterocycles. The number of carbonyl (C=O) groups excluding carboxylic acids is 2. The van der Waals surface area contributed by atoms with Gasteiger partial charge in [0.05, 0.1) is 0 Å². The molecule has 0 aliphatic heterocycles. The summed E-state index contributed by atoms with van der Waals surface area (Å²) in [6.07, 6.45) is 0. The van der Waals surface area contributed by atoms with Crippen molar-refractivity contribution in [1.29, 1.82) is 0 Å². The summed E-state index contributed by atoms with van der Waals surface area (Å²) in [4.78, 5) is 32.6. The number of nitrogens with one attached hydrogen (secondary N) is 2. The lowest BCUT2D eigenvalue weighted by atomic mass is 10.1. The number of amides is 1. The number of rotatable bonds is 6. The third-order valence-electron chi connectivity index (χ3n) is 3.91. The third kappa shape index (κ3) is 4.98. The highest BCUT2D eigenvalue weighted by atomic mass is 16.2. The van der Waals surface area contributed by atoms with E-state index in [1.54, 1.807) is 37.3 Å². The van der Waals surface area contributed by atoms with E-state index in [1.807, 2.05) is 30.3 Å². The van der Waals surface area contributed by atoms with Crippen LogP contribution in [0.2, 0.25) is 0 Å². The number of benzene rings is 2. The van der Waals surface area contributed by atoms with E-state index < -0.39 is 0 Å². The number of carbonyl (C=O) groups is 2. The number of Topliss-reactive ketones (excluding diaryl/α,β-unsaturated/α-hetero) is 1. The van der Waals surface area contributed by atoms with Crippen LogP contribution in [0.25, 0.3) is 0 Å². The molecule has 0 fully saturated rings. The number of hydrogen-bond acceptors (Lipinski definition) is 5. The zero-order valence-corrected chi connectivity index (χ0v) is 15.2. The Labute approximate surface area is 157 Å². The maximum Gasteiger partial charge on any atom is 0.274 e. The molecule has 0 saturated heterocycles. The fourth-order valence-electron chi connectivity index (χ4n) is 2.57. The molecule has 0 aliphatic rings. The lowest BCUT2D eigenvalue weighted by molar-refractivity contribution is 0.100. The van der Waals surface area contributed by atoms with E-state index in [1.165, 1.54) is 6.92 Å². The van der Waals surface area contributed by atoms with Crippen molar-refractivity contribution in [3.8, 4) is 0 Å². The first-order chi connectivity index (χ1) is 13.0. The van der Waals surface area contributed by atoms with Gasteiger partial charge in [0.2, 0.25) is 0 Å². The molecule has 2 N–H and O–H groups in total. The standard InChI is InChI=1S/C21H20N4O2/c1-14(26)17-9-6-10-18(11-17)25-21(27)19-12-20(24-15(2)23-19)22-13-16-7-4-3-5-8-16/h3-12H,13H2,1-2H3,(H,25,27)(H,22,23,24). The number of hydrogen-bond donors (Lipinski definition) is 2. The van der Waals surface area contributed by atoms with Gasteiger partial charge in [-0.15, -0.1) is 0 Å². The molecule has 2 aromatic carbocycles. The van der Waals surface area contributed by atoms with Crippen molar-refractivity contribution in [1.82, 2.24) is 9.97 Å². The summed E-state index contributed by atoms with van der Waals surface area (Å²) in [5.74, 6) is 0.657. The molecule has 27 heavy (non-hydrogen) atoms. The second kappa shape index (κ2) is 8.23. The molecule has 1 amide bonds. The normalized spacial score (nSPS) is 10.3. The number of ketones is 1. The average molecular weight is 360 g/mol. The van der Waals surface area contributed by atoms with Crippen molar-refractivity contribution < 1.29 is 9.59 Å². The van der Waals surface area contributed by atoms with Gasteiger partial charge in [0.1, 0.15) is 17.3 Å². The van der Waals surface area contributed by atoms with Gasteiger partial charge in [0, 0.05) is 23.9 Å². The Morgan fingerprint density at radius 3 is 2.48 bits per heavy atom. The van der Waals surface area contributed by atoms with E-state index in [0.717, 1.165) is 5.56 Å². The van der Waals surface area contributed by atoms with Crippen molar-refractivity contribution in [3.05, 3.63) is 83.3 Å². The average Bonchev–Trinajstić information content (AvgIpc) is 2.67. The Kier molecular flexibility index (Phi) is 5.56. The first kappa shape index (κ1) is 18.3. The van der Waals surface area contributed by atoms with Gasteiger partial charge in [-0.1, -0.05) is 42.5 Å². The van der Waals surface area contributed by atoms with Crippen LogP contribution in [0.3, 0.4) is 0 Å². The minimum atomic E-state index is -0.357. The summed E-state index contributed by atoms with van der Waals surface area (Å²) in [5.41, 5.74) is 2.45. The van der Waals surface area contributed by atoms with E-state index in [-0.39, 0.29) is 17.4 Å². The molecule has 0 atom stereocenters. The molecule has 136 valence electrons. The van der Waals surface area contributed by atoms with Crippen LogP contribution in [0.1, 0.15) is 39.2 Å². The molecule has 1 heterocycles. The molecule has 6 nitrogen and oxygen atoms in total. The predicted octanol–water partition coefficient (Wildman–Crippen LogP) is 3.85. The zero-order valence-electron chi connectivity index (χ0n) is 15.2. The summed E-state index contributed by atoms with van der Waals surface area (Å²) in [6, 6.07) is 18.3. The first-order valence-corrected chi connectivity index (χ1v) is 8.57. The highest BCUT2D eigenvalue weighted by Gasteiger charge is 2.12. The minimum Gasteiger partial charge on any atom is -0.366 e. The predicted molar refractivity (Wildman–Crippen MR) is 105 cm³/mol. The monoisotopic (exact) mass is 360 g/mol. The van der Waals surface area contributed by atoms with Crippen LogP contribution in [0.4, 0.5) is 11.5 Å². The van der Waals surface area contributed by atoms with Gasteiger partial charge < -0.3 is 10.6 Å². The Morgan fingerprint density at radius 1 is 0.963 bits per heavy atom. The van der Waals surface area contributed by atoms with Crippen molar-refractivity contribution in [2.24, 2.45) is 0 Å². The molecule has 3 aromatic rings. The quantitative estimate of drug-likeness (QED) is 0.652. The van der Waals surface area contributed by atoms with E-state index >= 15 is 0 Å². The van der Waals surface area contributed by atoms with Crippen molar-refractivity contribution in [2.45, 2.75) is 20.4 Å². The van der Waals surface area contributed by atoms with Crippen LogP contribution in [-0.2, 0) is 6.54 Å². The molecule has 0 saturated carbocycles. The molecule has 0 bridgehead atoms. The fraction of sp³-hybridized carbons (Fsp3) is 0.143. The molecule has 3 rings (SSSR count). The summed E-state index contributed by atoms with van der Waals surface area (Å²) >= 11 is 0. The van der Waals surface area contributed by atoms with Gasteiger partial charge in [-0.25, -0.2) is 9.97 Å². The second-order valence-electron chi connectivity index (χ2n) is 6.12. The fourth-order valence-corrected chi connectivity index (χ4v) is 2.57. The van der Waals surface area contributed by atoms with Crippen LogP contribution >= 0.6 is 0 Å². The number of aryl methyl sites for hydroxylation is 1. The maximum absolute atomic E-state index is 12.6. The second-order valence-corrected chi connectivity index (χ2v) is 6.12. The van der Waals surface area contributed by atoms with Crippen molar-refractivity contribution in [3.63, 3.8) is 0 Å². The van der Waals surface area contributed by atoms with Crippen molar-refractivity contribution in [2.75, 3.05) is 10.6 Å². The SMILES string of the molecule is CC(=O)c1cccc(NC(=O)c2cc(NCc3ccccc3)nc(C)n2)c1. The van der Waals surface area contributed by atoms with Gasteiger partial charge in [0.15, 0.2) is 5.78 Å². The first-order valence-electron chi connectivity index (χ1n) is 8.57. The van der Waals surface area contributed by atoms with Crippen LogP contribution in [0.15, 0.2) is 60.7 Å². The van der Waals surface area contributed by atoms with E-state index in [0.29, 0.717) is 29.4 Å². The Hall–Kier alpha value is -3.54. The van der Waals surface area contributed by atoms with Crippen molar-refractivity contribution >= 4 is 23.2 Å². The van der Waals surface area contributed by atoms with E-state index in [4.69, 9.17) is 0 Å². The highest BCUT2D eigenvalue weighted by molar-refractivity contribution is 6.04. The Bertz CT molecular complexity index is 971. The Morgan fingerprint density at radius 2 is 1.74 bits per heavy atom. The maximum atomic E-state index is 12.6. The minimum absolute atomic E-state index is 0.0589. The van der Waals surface area contributed by atoms with E-state index in [9.17, 15) is 9.59 Å². The molecule has 0 aliphatic carbocycles. The lowest BCUT2D eigenvalue weighted by Gasteiger charge is -2.10. The molecular weight excluding hydrogens is 340 g/mol. The van der Waals surface area contributed by atoms with Gasteiger partial charge in [-0.3, -0.25) is 9.59 Å². The third-order valence-corrected chi connectivity index (χ3v) is 3.91. The van der Waals surface area contributed by atoms with Crippen LogP contribution in [0, 0.1) is 6.92 Å². The van der Waals surface area contributed by atoms with E-state index in [2.05, 4.69) is 20.6 Å². The van der Waals surface area contributed by atoms with Gasteiger partial charge in [-0.05, 0) is 31.5 Å². The number of anilines is 2. The summed E-state index contributed by atoms with van der Waals surface area (Å²) < 4.78 is 0. The lowest BCUT2D eigenvalue weighted by Crippen LogP contribution is -2.16. The van der Waals surface area contributed by atoms with Crippen LogP contribution in [0.5, 0.6) is 0 Å². The van der Waals surface area contributed by atoms with Crippen LogP contribution < -0.4 is 10.6 Å². The smallest absolute Gasteiger partial charge is 0.274 e. The Balaban J connectivity index is 1.74.